The summed E-state index contributed by atoms with van der Waals surface area (Å²) in [4.78, 5) is 8.09. The summed E-state index contributed by atoms with van der Waals surface area (Å²) < 4.78 is 5.59. The van der Waals surface area contributed by atoms with E-state index in [4.69, 9.17) is 0 Å². The van der Waals surface area contributed by atoms with Gasteiger partial charge in [0.25, 0.3) is 0 Å². The van der Waals surface area contributed by atoms with E-state index in [2.05, 4.69) is 40.9 Å². The number of hydrogen-bond donors (Lipinski definition) is 1. The fourth-order valence-corrected chi connectivity index (χ4v) is 1.32. The lowest BCUT2D eigenvalue weighted by atomic mass is 10.4. The molecular weight excluding hydrogens is 260 g/mol. The minimum Gasteiger partial charge on any atom is -0.370 e. The molecule has 0 aliphatic heterocycles. The first-order valence-corrected chi connectivity index (χ1v) is 5.24. The minimum absolute atomic E-state index is 0.694. The summed E-state index contributed by atoms with van der Waals surface area (Å²) in [6.45, 7) is 0.730. The van der Waals surface area contributed by atoms with Crippen LogP contribution in [0.1, 0.15) is 5.82 Å². The predicted molar refractivity (Wildman–Crippen MR) is 58.4 cm³/mol. The van der Waals surface area contributed by atoms with E-state index in [0.29, 0.717) is 12.2 Å². The Balaban J connectivity index is 1.81. The van der Waals surface area contributed by atoms with E-state index in [1.165, 1.54) is 6.39 Å². The van der Waals surface area contributed by atoms with Gasteiger partial charge in [-0.3, -0.25) is 0 Å². The number of pyridine rings is 1. The molecule has 6 heteroatoms. The van der Waals surface area contributed by atoms with Gasteiger partial charge in [0.05, 0.1) is 0 Å². The van der Waals surface area contributed by atoms with Crippen LogP contribution >= 0.6 is 15.9 Å². The van der Waals surface area contributed by atoms with Crippen LogP contribution in [-0.4, -0.2) is 21.7 Å². The van der Waals surface area contributed by atoms with Gasteiger partial charge in [0, 0.05) is 23.6 Å². The minimum atomic E-state index is 0.694. The van der Waals surface area contributed by atoms with Gasteiger partial charge in [0.15, 0.2) is 5.82 Å². The number of nitrogens with zero attached hydrogens (tertiary/aromatic N) is 3. The second-order valence-electron chi connectivity index (χ2n) is 2.89. The average molecular weight is 269 g/mol. The lowest BCUT2D eigenvalue weighted by molar-refractivity contribution is 0.410. The molecule has 0 radical (unpaired) electrons. The number of halogens is 1. The molecule has 0 saturated carbocycles. The van der Waals surface area contributed by atoms with Gasteiger partial charge in [-0.2, -0.15) is 4.98 Å². The zero-order valence-corrected chi connectivity index (χ0v) is 9.44. The van der Waals surface area contributed by atoms with Crippen molar-refractivity contribution in [1.29, 1.82) is 0 Å². The van der Waals surface area contributed by atoms with E-state index in [-0.39, 0.29) is 0 Å². The first-order chi connectivity index (χ1) is 7.34. The molecule has 15 heavy (non-hydrogen) atoms. The molecule has 2 rings (SSSR count). The zero-order valence-electron chi connectivity index (χ0n) is 7.85. The Bertz CT molecular complexity index is 401. The lowest BCUT2D eigenvalue weighted by Gasteiger charge is -2.02. The highest BCUT2D eigenvalue weighted by Gasteiger charge is 1.98. The molecule has 0 spiro atoms. The molecule has 2 aromatic rings. The predicted octanol–water partition coefficient (Wildman–Crippen LogP) is 1.88. The van der Waals surface area contributed by atoms with Crippen molar-refractivity contribution in [2.24, 2.45) is 0 Å². The molecule has 0 aliphatic rings. The molecule has 0 fully saturated rings. The van der Waals surface area contributed by atoms with Crippen LogP contribution in [0, 0.1) is 0 Å². The fraction of sp³-hybridized carbons (Fsp3) is 0.222. The van der Waals surface area contributed by atoms with E-state index in [0.717, 1.165) is 16.8 Å². The van der Waals surface area contributed by atoms with Gasteiger partial charge >= 0.3 is 0 Å². The second-order valence-corrected chi connectivity index (χ2v) is 3.80. The molecule has 0 bridgehead atoms. The van der Waals surface area contributed by atoms with Crippen molar-refractivity contribution in [3.05, 3.63) is 35.0 Å². The monoisotopic (exact) mass is 268 g/mol. The molecule has 2 heterocycles. The number of anilines is 1. The number of hydrogen-bond acceptors (Lipinski definition) is 5. The van der Waals surface area contributed by atoms with Crippen LogP contribution in [0.4, 0.5) is 5.82 Å². The Hall–Kier alpha value is -1.43. The van der Waals surface area contributed by atoms with Crippen molar-refractivity contribution in [2.45, 2.75) is 6.42 Å². The highest BCUT2D eigenvalue weighted by molar-refractivity contribution is 9.10. The van der Waals surface area contributed by atoms with Crippen molar-refractivity contribution in [2.75, 3.05) is 11.9 Å². The molecule has 0 atom stereocenters. The summed E-state index contributed by atoms with van der Waals surface area (Å²) in [5.41, 5.74) is 0. The SMILES string of the molecule is Brc1ccc(NCCc2ncon2)nc1. The van der Waals surface area contributed by atoms with E-state index >= 15 is 0 Å². The van der Waals surface area contributed by atoms with Crippen molar-refractivity contribution >= 4 is 21.7 Å². The maximum Gasteiger partial charge on any atom is 0.213 e. The number of nitrogens with one attached hydrogen (secondary N) is 1. The highest BCUT2D eigenvalue weighted by Crippen LogP contribution is 2.10. The molecule has 0 amide bonds. The Labute approximate surface area is 95.0 Å². The summed E-state index contributed by atoms with van der Waals surface area (Å²) in [5.74, 6) is 1.53. The van der Waals surface area contributed by atoms with Gasteiger partial charge in [-0.1, -0.05) is 5.16 Å². The topological polar surface area (TPSA) is 63.8 Å². The smallest absolute Gasteiger partial charge is 0.213 e. The van der Waals surface area contributed by atoms with Gasteiger partial charge in [-0.05, 0) is 28.1 Å². The molecule has 1 N–H and O–H groups in total. The molecule has 5 nitrogen and oxygen atoms in total. The number of rotatable bonds is 4. The van der Waals surface area contributed by atoms with Crippen LogP contribution in [0.2, 0.25) is 0 Å². The van der Waals surface area contributed by atoms with E-state index < -0.39 is 0 Å². The molecule has 2 aromatic heterocycles. The van der Waals surface area contributed by atoms with Crippen LogP contribution in [-0.2, 0) is 6.42 Å². The first-order valence-electron chi connectivity index (χ1n) is 4.45. The highest BCUT2D eigenvalue weighted by atomic mass is 79.9. The van der Waals surface area contributed by atoms with Gasteiger partial charge in [0.2, 0.25) is 6.39 Å². The summed E-state index contributed by atoms with van der Waals surface area (Å²) in [7, 11) is 0. The van der Waals surface area contributed by atoms with Crippen LogP contribution in [0.5, 0.6) is 0 Å². The first kappa shape index (κ1) is 10.1. The summed E-state index contributed by atoms with van der Waals surface area (Å²) in [6, 6.07) is 3.84. The van der Waals surface area contributed by atoms with E-state index in [1.807, 2.05) is 12.1 Å². The maximum atomic E-state index is 4.62. The van der Waals surface area contributed by atoms with E-state index in [1.54, 1.807) is 6.20 Å². The van der Waals surface area contributed by atoms with Crippen LogP contribution in [0.15, 0.2) is 33.7 Å². The third-order valence-corrected chi connectivity index (χ3v) is 2.26. The third kappa shape index (κ3) is 3.02. The Morgan fingerprint density at radius 1 is 1.33 bits per heavy atom. The zero-order chi connectivity index (χ0) is 10.5. The molecule has 0 saturated heterocycles. The van der Waals surface area contributed by atoms with Gasteiger partial charge in [-0.15, -0.1) is 0 Å². The average Bonchev–Trinajstić information content (AvgIpc) is 2.74. The second kappa shape index (κ2) is 4.88. The Morgan fingerprint density at radius 3 is 2.93 bits per heavy atom. The van der Waals surface area contributed by atoms with Gasteiger partial charge in [-0.25, -0.2) is 4.98 Å². The van der Waals surface area contributed by atoms with Gasteiger partial charge in [0.1, 0.15) is 5.82 Å². The summed E-state index contributed by atoms with van der Waals surface area (Å²) in [5, 5.41) is 6.86. The van der Waals surface area contributed by atoms with Crippen LogP contribution in [0.3, 0.4) is 0 Å². The number of aromatic nitrogens is 3. The molecule has 0 aliphatic carbocycles. The Kier molecular flexibility index (Phi) is 3.29. The molecular formula is C9H9BrN4O. The fourth-order valence-electron chi connectivity index (χ4n) is 1.09. The largest absolute Gasteiger partial charge is 0.370 e. The standard InChI is InChI=1S/C9H9BrN4O/c10-7-1-2-8(12-5-7)11-4-3-9-13-6-15-14-9/h1-2,5-6H,3-4H2,(H,11,12). The van der Waals surface area contributed by atoms with Crippen LogP contribution < -0.4 is 5.32 Å². The molecule has 0 aromatic carbocycles. The quantitative estimate of drug-likeness (QED) is 0.918. The van der Waals surface area contributed by atoms with Crippen molar-refractivity contribution < 1.29 is 4.52 Å². The maximum absolute atomic E-state index is 4.62. The van der Waals surface area contributed by atoms with Crippen molar-refractivity contribution in [1.82, 2.24) is 15.1 Å². The summed E-state index contributed by atoms with van der Waals surface area (Å²) in [6.07, 6.45) is 3.79. The van der Waals surface area contributed by atoms with E-state index in [9.17, 15) is 0 Å². The summed E-state index contributed by atoms with van der Waals surface area (Å²) >= 11 is 3.32. The Morgan fingerprint density at radius 2 is 2.27 bits per heavy atom. The normalized spacial score (nSPS) is 10.2. The van der Waals surface area contributed by atoms with Crippen LogP contribution in [0.25, 0.3) is 0 Å². The van der Waals surface area contributed by atoms with Crippen molar-refractivity contribution in [3.63, 3.8) is 0 Å². The lowest BCUT2D eigenvalue weighted by Crippen LogP contribution is -2.06. The van der Waals surface area contributed by atoms with Gasteiger partial charge < -0.3 is 9.84 Å². The van der Waals surface area contributed by atoms with Crippen molar-refractivity contribution in [3.8, 4) is 0 Å². The molecule has 0 unspecified atom stereocenters. The molecule has 78 valence electrons. The third-order valence-electron chi connectivity index (χ3n) is 1.79.